The Hall–Kier alpha value is -3.02. The molecule has 29 heavy (non-hydrogen) atoms. The Labute approximate surface area is 170 Å². The number of rotatable bonds is 5. The molecule has 0 bridgehead atoms. The molecule has 1 fully saturated rings. The predicted molar refractivity (Wildman–Crippen MR) is 111 cm³/mol. The average Bonchev–Trinajstić information content (AvgIpc) is 2.78. The third kappa shape index (κ3) is 4.21. The number of hydrogen-bond acceptors (Lipinski definition) is 5. The van der Waals surface area contributed by atoms with Crippen LogP contribution in [0.5, 0.6) is 11.5 Å². The molecule has 0 unspecified atom stereocenters. The highest BCUT2D eigenvalue weighted by molar-refractivity contribution is 5.79. The van der Waals surface area contributed by atoms with Gasteiger partial charge in [-0.15, -0.1) is 0 Å². The molecular weight excluding hydrogens is 368 g/mol. The number of fused-ring (bicyclic) bond motifs is 1. The molecule has 0 aromatic heterocycles. The largest absolute Gasteiger partial charge is 0.493 e. The third-order valence-electron chi connectivity index (χ3n) is 5.78. The zero-order valence-electron chi connectivity index (χ0n) is 16.6. The summed E-state index contributed by atoms with van der Waals surface area (Å²) >= 11 is 0. The number of anilines is 1. The number of benzene rings is 2. The van der Waals surface area contributed by atoms with Gasteiger partial charge in [-0.25, -0.2) is 0 Å². The van der Waals surface area contributed by atoms with Crippen LogP contribution in [0.15, 0.2) is 42.5 Å². The molecule has 1 saturated heterocycles. The number of carbonyl (C=O) groups is 2. The van der Waals surface area contributed by atoms with Crippen molar-refractivity contribution in [2.24, 2.45) is 5.92 Å². The van der Waals surface area contributed by atoms with Crippen LogP contribution in [0, 0.1) is 5.92 Å². The van der Waals surface area contributed by atoms with Gasteiger partial charge in [0.05, 0.1) is 13.2 Å². The average molecular weight is 394 g/mol. The molecule has 152 valence electrons. The molecule has 4 rings (SSSR count). The van der Waals surface area contributed by atoms with Crippen molar-refractivity contribution in [3.05, 3.63) is 53.6 Å². The minimum Gasteiger partial charge on any atom is -0.493 e. The molecule has 2 aliphatic rings. The fraction of sp³-hybridized carbons (Fsp3) is 0.391. The van der Waals surface area contributed by atoms with Crippen LogP contribution in [-0.4, -0.2) is 45.0 Å². The van der Waals surface area contributed by atoms with Gasteiger partial charge in [0.2, 0.25) is 5.91 Å². The zero-order valence-corrected chi connectivity index (χ0v) is 16.6. The smallest absolute Gasteiger partial charge is 0.223 e. The first-order valence-electron chi connectivity index (χ1n) is 10.1. The highest BCUT2D eigenvalue weighted by Gasteiger charge is 2.29. The maximum atomic E-state index is 12.8. The van der Waals surface area contributed by atoms with Crippen LogP contribution in [-0.2, 0) is 11.2 Å². The molecule has 0 spiro atoms. The molecule has 1 N–H and O–H groups in total. The minimum absolute atomic E-state index is 0.0176. The lowest BCUT2D eigenvalue weighted by Gasteiger charge is -2.34. The van der Waals surface area contributed by atoms with E-state index in [1.165, 1.54) is 0 Å². The summed E-state index contributed by atoms with van der Waals surface area (Å²) in [4.78, 5) is 25.9. The number of nitrogens with zero attached hydrogens (tertiary/aromatic N) is 1. The number of methoxy groups -OCH3 is 1. The van der Waals surface area contributed by atoms with E-state index in [0.29, 0.717) is 12.2 Å². The summed E-state index contributed by atoms with van der Waals surface area (Å²) < 4.78 is 11.2. The van der Waals surface area contributed by atoms with Gasteiger partial charge in [-0.2, -0.15) is 0 Å². The third-order valence-corrected chi connectivity index (χ3v) is 5.78. The number of piperidine rings is 1. The second-order valence-corrected chi connectivity index (χ2v) is 7.64. The lowest BCUT2D eigenvalue weighted by Crippen LogP contribution is -2.47. The molecule has 2 aliphatic heterocycles. The summed E-state index contributed by atoms with van der Waals surface area (Å²) in [5.41, 5.74) is 2.84. The van der Waals surface area contributed by atoms with E-state index < -0.39 is 0 Å². The number of ether oxygens (including phenoxy) is 2. The van der Waals surface area contributed by atoms with E-state index in [1.54, 1.807) is 7.11 Å². The molecule has 2 aromatic rings. The van der Waals surface area contributed by atoms with Crippen molar-refractivity contribution in [3.8, 4) is 11.5 Å². The Kier molecular flexibility index (Phi) is 5.69. The summed E-state index contributed by atoms with van der Waals surface area (Å²) in [5.74, 6) is 1.66. The summed E-state index contributed by atoms with van der Waals surface area (Å²) in [6, 6.07) is 13.4. The molecular formula is C23H26N2O4. The van der Waals surface area contributed by atoms with Crippen LogP contribution in [0.25, 0.3) is 0 Å². The quantitative estimate of drug-likeness (QED) is 0.790. The van der Waals surface area contributed by atoms with Gasteiger partial charge in [0.1, 0.15) is 12.9 Å². The fourth-order valence-electron chi connectivity index (χ4n) is 4.13. The molecule has 6 heteroatoms. The SMILES string of the molecule is COc1cccc2c1OC[C@@H](NC(=O)C1CCN(c3ccc(C=O)cc3)CC1)C2. The first-order chi connectivity index (χ1) is 14.2. The number of hydrogen-bond donors (Lipinski definition) is 1. The van der Waals surface area contributed by atoms with Crippen molar-refractivity contribution >= 4 is 17.9 Å². The highest BCUT2D eigenvalue weighted by atomic mass is 16.5. The van der Waals surface area contributed by atoms with Gasteiger partial charge < -0.3 is 19.7 Å². The van der Waals surface area contributed by atoms with Gasteiger partial charge in [-0.1, -0.05) is 12.1 Å². The second-order valence-electron chi connectivity index (χ2n) is 7.64. The van der Waals surface area contributed by atoms with Gasteiger partial charge in [-0.05, 0) is 49.6 Å². The maximum Gasteiger partial charge on any atom is 0.223 e. The van der Waals surface area contributed by atoms with E-state index in [2.05, 4.69) is 10.2 Å². The van der Waals surface area contributed by atoms with Gasteiger partial charge in [0, 0.05) is 35.8 Å². The van der Waals surface area contributed by atoms with E-state index >= 15 is 0 Å². The first kappa shape index (κ1) is 19.3. The first-order valence-corrected chi connectivity index (χ1v) is 10.1. The number of aldehydes is 1. The van der Waals surface area contributed by atoms with Gasteiger partial charge >= 0.3 is 0 Å². The van der Waals surface area contributed by atoms with Crippen molar-refractivity contribution in [1.29, 1.82) is 0 Å². The topological polar surface area (TPSA) is 67.9 Å². The Morgan fingerprint density at radius 3 is 2.62 bits per heavy atom. The van der Waals surface area contributed by atoms with Crippen LogP contribution < -0.4 is 19.7 Å². The van der Waals surface area contributed by atoms with E-state index in [-0.39, 0.29) is 17.9 Å². The van der Waals surface area contributed by atoms with Crippen LogP contribution in [0.3, 0.4) is 0 Å². The van der Waals surface area contributed by atoms with Gasteiger partial charge in [0.25, 0.3) is 0 Å². The van der Waals surface area contributed by atoms with Crippen LogP contribution >= 0.6 is 0 Å². The van der Waals surface area contributed by atoms with Crippen molar-refractivity contribution in [2.45, 2.75) is 25.3 Å². The van der Waals surface area contributed by atoms with Crippen LogP contribution in [0.2, 0.25) is 0 Å². The lowest BCUT2D eigenvalue weighted by atomic mass is 9.94. The van der Waals surface area contributed by atoms with Crippen LogP contribution in [0.4, 0.5) is 5.69 Å². The number of amides is 1. The van der Waals surface area contributed by atoms with Gasteiger partial charge in [-0.3, -0.25) is 9.59 Å². The Morgan fingerprint density at radius 1 is 1.17 bits per heavy atom. The summed E-state index contributed by atoms with van der Waals surface area (Å²) in [6.07, 6.45) is 3.24. The summed E-state index contributed by atoms with van der Waals surface area (Å²) in [6.45, 7) is 2.13. The maximum absolute atomic E-state index is 12.8. The van der Waals surface area contributed by atoms with Gasteiger partial charge in [0.15, 0.2) is 11.5 Å². The van der Waals surface area contributed by atoms with E-state index in [1.807, 2.05) is 42.5 Å². The van der Waals surface area contributed by atoms with Crippen molar-refractivity contribution in [2.75, 3.05) is 31.7 Å². The van der Waals surface area contributed by atoms with Crippen molar-refractivity contribution in [3.63, 3.8) is 0 Å². The summed E-state index contributed by atoms with van der Waals surface area (Å²) in [5, 5.41) is 3.17. The second kappa shape index (κ2) is 8.55. The molecule has 2 heterocycles. The zero-order chi connectivity index (χ0) is 20.2. The minimum atomic E-state index is -0.0176. The van der Waals surface area contributed by atoms with E-state index in [9.17, 15) is 9.59 Å². The molecule has 2 aromatic carbocycles. The number of para-hydroxylation sites is 1. The van der Waals surface area contributed by atoms with E-state index in [4.69, 9.17) is 9.47 Å². The molecule has 6 nitrogen and oxygen atoms in total. The van der Waals surface area contributed by atoms with Crippen molar-refractivity contribution < 1.29 is 19.1 Å². The lowest BCUT2D eigenvalue weighted by molar-refractivity contribution is -0.126. The van der Waals surface area contributed by atoms with E-state index in [0.717, 1.165) is 61.4 Å². The Morgan fingerprint density at radius 2 is 1.93 bits per heavy atom. The molecule has 0 radical (unpaired) electrons. The predicted octanol–water partition coefficient (Wildman–Crippen LogP) is 2.84. The number of carbonyl (C=O) groups excluding carboxylic acids is 2. The fourth-order valence-corrected chi connectivity index (χ4v) is 4.13. The standard InChI is InChI=1S/C23H26N2O4/c1-28-21-4-2-3-18-13-19(15-29-22(18)21)24-23(27)17-9-11-25(12-10-17)20-7-5-16(14-26)6-8-20/h2-8,14,17,19H,9-13,15H2,1H3,(H,24,27)/t19-/m0/s1. The summed E-state index contributed by atoms with van der Waals surface area (Å²) in [7, 11) is 1.63. The molecule has 0 saturated carbocycles. The van der Waals surface area contributed by atoms with Crippen molar-refractivity contribution in [1.82, 2.24) is 5.32 Å². The Bertz CT molecular complexity index is 873. The molecule has 1 amide bonds. The molecule has 1 atom stereocenters. The normalized spacial score (nSPS) is 19.1. The number of nitrogens with one attached hydrogen (secondary N) is 1. The van der Waals surface area contributed by atoms with Crippen LogP contribution in [0.1, 0.15) is 28.8 Å². The molecule has 0 aliphatic carbocycles. The highest BCUT2D eigenvalue weighted by Crippen LogP contribution is 2.34. The Balaban J connectivity index is 1.30. The monoisotopic (exact) mass is 394 g/mol.